The van der Waals surface area contributed by atoms with Gasteiger partial charge < -0.3 is 24.1 Å². The van der Waals surface area contributed by atoms with Crippen LogP contribution in [0, 0.1) is 0 Å². The van der Waals surface area contributed by atoms with Crippen molar-refractivity contribution < 1.29 is 28.8 Å². The van der Waals surface area contributed by atoms with Crippen LogP contribution in [0.4, 0.5) is 0 Å². The quantitative estimate of drug-likeness (QED) is 0.637. The Morgan fingerprint density at radius 1 is 1.00 bits per heavy atom. The van der Waals surface area contributed by atoms with Gasteiger partial charge in [-0.3, -0.25) is 0 Å². The highest BCUT2D eigenvalue weighted by atomic mass is 16.6. The molecule has 0 aliphatic carbocycles. The van der Waals surface area contributed by atoms with E-state index in [1.165, 1.54) is 0 Å². The number of hydrogen-bond donors (Lipinski definition) is 1. The van der Waals surface area contributed by atoms with E-state index in [1.54, 1.807) is 53.2 Å². The van der Waals surface area contributed by atoms with Crippen molar-refractivity contribution in [1.29, 1.82) is 0 Å². The van der Waals surface area contributed by atoms with E-state index in [4.69, 9.17) is 18.9 Å². The lowest BCUT2D eigenvalue weighted by Gasteiger charge is -2.20. The maximum atomic E-state index is 11.9. The highest BCUT2D eigenvalue weighted by Gasteiger charge is 2.19. The monoisotopic (exact) mass is 402 g/mol. The van der Waals surface area contributed by atoms with Crippen molar-refractivity contribution in [3.05, 3.63) is 53.6 Å². The lowest BCUT2D eigenvalue weighted by atomic mass is 10.0. The first kappa shape index (κ1) is 22.6. The van der Waals surface area contributed by atoms with E-state index >= 15 is 0 Å². The fraction of sp³-hybridized carbons (Fsp3) is 0.435. The van der Waals surface area contributed by atoms with Gasteiger partial charge in [0.25, 0.3) is 0 Å². The van der Waals surface area contributed by atoms with Crippen LogP contribution in [0.2, 0.25) is 0 Å². The van der Waals surface area contributed by atoms with Crippen LogP contribution >= 0.6 is 0 Å². The molecule has 0 radical (unpaired) electrons. The molecular weight excluding hydrogens is 372 g/mol. The number of hydrogen-bond acceptors (Lipinski definition) is 6. The maximum absolute atomic E-state index is 11.9. The molecule has 0 aliphatic rings. The van der Waals surface area contributed by atoms with Crippen molar-refractivity contribution in [2.24, 2.45) is 0 Å². The Morgan fingerprint density at radius 2 is 1.69 bits per heavy atom. The smallest absolute Gasteiger partial charge is 0.344 e. The van der Waals surface area contributed by atoms with Gasteiger partial charge in [0.05, 0.1) is 20.3 Å². The van der Waals surface area contributed by atoms with Crippen molar-refractivity contribution in [2.75, 3.05) is 20.8 Å². The third-order valence-corrected chi connectivity index (χ3v) is 4.20. The number of benzene rings is 2. The molecule has 0 aliphatic heterocycles. The summed E-state index contributed by atoms with van der Waals surface area (Å²) in [5.41, 5.74) is 1.09. The zero-order chi connectivity index (χ0) is 21.4. The molecule has 6 nitrogen and oxygen atoms in total. The average Bonchev–Trinajstić information content (AvgIpc) is 2.69. The minimum atomic E-state index is -0.738. The molecule has 0 aromatic heterocycles. The molecule has 0 saturated carbocycles. The van der Waals surface area contributed by atoms with Crippen molar-refractivity contribution in [1.82, 2.24) is 0 Å². The Balaban J connectivity index is 2.01. The van der Waals surface area contributed by atoms with Crippen LogP contribution in [-0.4, -0.2) is 37.5 Å². The molecule has 6 heteroatoms. The standard InChI is InChI=1S/C23H30O6/c1-23(2,3)29-22(25)15-28-19-9-7-6-8-17(19)18(24)12-10-16-11-13-20(26-4)21(14-16)27-5/h6-9,11,13-14,18,24H,10,12,15H2,1-5H3. The average molecular weight is 402 g/mol. The Hall–Kier alpha value is -2.73. The number of aliphatic hydroxyl groups excluding tert-OH is 1. The first-order valence-electron chi connectivity index (χ1n) is 9.56. The van der Waals surface area contributed by atoms with Crippen molar-refractivity contribution in [3.63, 3.8) is 0 Å². The Bertz CT molecular complexity index is 809. The van der Waals surface area contributed by atoms with Gasteiger partial charge in [0, 0.05) is 5.56 Å². The van der Waals surface area contributed by atoms with Crippen molar-refractivity contribution in [2.45, 2.75) is 45.3 Å². The number of para-hydroxylation sites is 1. The Morgan fingerprint density at radius 3 is 2.34 bits per heavy atom. The van der Waals surface area contributed by atoms with E-state index in [-0.39, 0.29) is 6.61 Å². The van der Waals surface area contributed by atoms with Gasteiger partial charge in [-0.15, -0.1) is 0 Å². The summed E-state index contributed by atoms with van der Waals surface area (Å²) in [4.78, 5) is 11.9. The molecule has 1 unspecified atom stereocenters. The van der Waals surface area contributed by atoms with Gasteiger partial charge in [0.1, 0.15) is 11.4 Å². The van der Waals surface area contributed by atoms with Gasteiger partial charge in [-0.25, -0.2) is 4.79 Å². The SMILES string of the molecule is COc1ccc(CCC(O)c2ccccc2OCC(=O)OC(C)(C)C)cc1OC. The van der Waals surface area contributed by atoms with Crippen molar-refractivity contribution in [3.8, 4) is 17.2 Å². The molecular formula is C23H30O6. The summed E-state index contributed by atoms with van der Waals surface area (Å²) in [6, 6.07) is 12.8. The highest BCUT2D eigenvalue weighted by Crippen LogP contribution is 2.31. The van der Waals surface area contributed by atoms with Gasteiger partial charge in [-0.2, -0.15) is 0 Å². The highest BCUT2D eigenvalue weighted by molar-refractivity contribution is 5.71. The summed E-state index contributed by atoms with van der Waals surface area (Å²) in [6.07, 6.45) is 0.391. The first-order valence-corrected chi connectivity index (χ1v) is 9.56. The van der Waals surface area contributed by atoms with Crippen LogP contribution in [0.25, 0.3) is 0 Å². The summed E-state index contributed by atoms with van der Waals surface area (Å²) >= 11 is 0. The molecule has 1 atom stereocenters. The molecule has 2 aromatic carbocycles. The minimum absolute atomic E-state index is 0.212. The van der Waals surface area contributed by atoms with Gasteiger partial charge in [0.2, 0.25) is 0 Å². The lowest BCUT2D eigenvalue weighted by molar-refractivity contribution is -0.157. The molecule has 158 valence electrons. The number of aryl methyl sites for hydroxylation is 1. The number of methoxy groups -OCH3 is 2. The second-order valence-electron chi connectivity index (χ2n) is 7.66. The second kappa shape index (κ2) is 10.2. The molecule has 2 aromatic rings. The number of rotatable bonds is 9. The molecule has 0 amide bonds. The molecule has 0 fully saturated rings. The fourth-order valence-corrected chi connectivity index (χ4v) is 2.89. The molecule has 1 N–H and O–H groups in total. The largest absolute Gasteiger partial charge is 0.493 e. The number of carbonyl (C=O) groups is 1. The summed E-state index contributed by atoms with van der Waals surface area (Å²) in [5.74, 6) is 1.34. The van der Waals surface area contributed by atoms with Crippen LogP contribution in [0.5, 0.6) is 17.2 Å². The number of carbonyl (C=O) groups excluding carboxylic acids is 1. The normalized spacial score (nSPS) is 12.2. The van der Waals surface area contributed by atoms with Crippen molar-refractivity contribution >= 4 is 5.97 Å². The summed E-state index contributed by atoms with van der Waals surface area (Å²) < 4.78 is 21.4. The molecule has 2 rings (SSSR count). The van der Waals surface area contributed by atoms with Crippen LogP contribution in [0.1, 0.15) is 44.4 Å². The number of esters is 1. The second-order valence-corrected chi connectivity index (χ2v) is 7.66. The van der Waals surface area contributed by atoms with Gasteiger partial charge in [-0.1, -0.05) is 24.3 Å². The maximum Gasteiger partial charge on any atom is 0.344 e. The minimum Gasteiger partial charge on any atom is -0.493 e. The van der Waals surface area contributed by atoms with E-state index in [2.05, 4.69) is 0 Å². The Labute approximate surface area is 172 Å². The summed E-state index contributed by atoms with van der Waals surface area (Å²) in [7, 11) is 3.18. The van der Waals surface area contributed by atoms with E-state index in [9.17, 15) is 9.90 Å². The molecule has 0 bridgehead atoms. The predicted octanol–water partition coefficient (Wildman–Crippen LogP) is 4.09. The zero-order valence-electron chi connectivity index (χ0n) is 17.7. The first-order chi connectivity index (χ1) is 13.7. The van der Waals surface area contributed by atoms with E-state index < -0.39 is 17.7 Å². The van der Waals surface area contributed by atoms with E-state index in [0.29, 0.717) is 35.7 Å². The van der Waals surface area contributed by atoms with Crippen LogP contribution in [-0.2, 0) is 16.0 Å². The predicted molar refractivity (Wildman–Crippen MR) is 111 cm³/mol. The zero-order valence-corrected chi connectivity index (χ0v) is 17.7. The Kier molecular flexibility index (Phi) is 7.91. The van der Waals surface area contributed by atoms with Crippen LogP contribution in [0.15, 0.2) is 42.5 Å². The number of aliphatic hydroxyl groups is 1. The lowest BCUT2D eigenvalue weighted by Crippen LogP contribution is -2.27. The molecule has 0 spiro atoms. The van der Waals surface area contributed by atoms with Gasteiger partial charge in [0.15, 0.2) is 18.1 Å². The third kappa shape index (κ3) is 6.98. The van der Waals surface area contributed by atoms with E-state index in [0.717, 1.165) is 5.56 Å². The van der Waals surface area contributed by atoms with E-state index in [1.807, 2.05) is 24.3 Å². The van der Waals surface area contributed by atoms with Crippen LogP contribution < -0.4 is 14.2 Å². The molecule has 29 heavy (non-hydrogen) atoms. The third-order valence-electron chi connectivity index (χ3n) is 4.20. The molecule has 0 saturated heterocycles. The topological polar surface area (TPSA) is 74.2 Å². The summed E-state index contributed by atoms with van der Waals surface area (Å²) in [5, 5.41) is 10.7. The van der Waals surface area contributed by atoms with Gasteiger partial charge >= 0.3 is 5.97 Å². The summed E-state index contributed by atoms with van der Waals surface area (Å²) in [6.45, 7) is 5.20. The fourth-order valence-electron chi connectivity index (χ4n) is 2.89. The number of ether oxygens (including phenoxy) is 4. The molecule has 0 heterocycles. The van der Waals surface area contributed by atoms with Gasteiger partial charge in [-0.05, 0) is 57.4 Å². The van der Waals surface area contributed by atoms with Crippen LogP contribution in [0.3, 0.4) is 0 Å².